The highest BCUT2D eigenvalue weighted by Gasteiger charge is 2.32. The molecule has 114 valence electrons. The molecule has 0 N–H and O–H groups in total. The smallest absolute Gasteiger partial charge is 0.232 e. The first-order valence-corrected chi connectivity index (χ1v) is 9.12. The highest BCUT2D eigenvalue weighted by molar-refractivity contribution is 8.00. The Kier molecular flexibility index (Phi) is 5.17. The topological polar surface area (TPSA) is 33.2 Å². The maximum absolute atomic E-state index is 12.3. The van der Waals surface area contributed by atoms with E-state index < -0.39 is 0 Å². The number of thioether (sulfide) groups is 1. The van der Waals surface area contributed by atoms with Gasteiger partial charge in [0.25, 0.3) is 0 Å². The predicted molar refractivity (Wildman–Crippen MR) is 86.2 cm³/mol. The lowest BCUT2D eigenvalue weighted by molar-refractivity contribution is -0.127. The van der Waals surface area contributed by atoms with Gasteiger partial charge in [0.05, 0.1) is 5.75 Å². The molecule has 0 unspecified atom stereocenters. The van der Waals surface area contributed by atoms with Crippen molar-refractivity contribution in [3.63, 3.8) is 0 Å². The average molecular weight is 304 g/mol. The number of aromatic nitrogens is 1. The summed E-state index contributed by atoms with van der Waals surface area (Å²) < 4.78 is 0. The average Bonchev–Trinajstić information content (AvgIpc) is 3.04. The molecule has 0 radical (unpaired) electrons. The summed E-state index contributed by atoms with van der Waals surface area (Å²) in [6.45, 7) is 1.97. The number of pyridine rings is 1. The number of carbonyl (C=O) groups is 1. The quantitative estimate of drug-likeness (QED) is 0.797. The molecular weight excluding hydrogens is 280 g/mol. The summed E-state index contributed by atoms with van der Waals surface area (Å²) in [5.41, 5.74) is 0. The Labute approximate surface area is 131 Å². The molecule has 2 heterocycles. The van der Waals surface area contributed by atoms with E-state index in [0.29, 0.717) is 11.7 Å². The largest absolute Gasteiger partial charge is 0.342 e. The van der Waals surface area contributed by atoms with Gasteiger partial charge in [0.1, 0.15) is 0 Å². The molecule has 1 aromatic rings. The molecule has 3 rings (SSSR count). The number of carbonyl (C=O) groups excluding carboxylic acids is 1. The van der Waals surface area contributed by atoms with Crippen molar-refractivity contribution in [3.05, 3.63) is 24.5 Å². The van der Waals surface area contributed by atoms with E-state index in [9.17, 15) is 4.79 Å². The summed E-state index contributed by atoms with van der Waals surface area (Å²) >= 11 is 1.62. The van der Waals surface area contributed by atoms with Crippen LogP contribution < -0.4 is 0 Å². The van der Waals surface area contributed by atoms with Gasteiger partial charge >= 0.3 is 0 Å². The second-order valence-electron chi connectivity index (χ2n) is 6.26. The first-order valence-electron chi connectivity index (χ1n) is 8.13. The van der Waals surface area contributed by atoms with Crippen LogP contribution in [-0.4, -0.2) is 34.6 Å². The number of amides is 1. The number of hydrogen-bond donors (Lipinski definition) is 0. The molecule has 1 aliphatic carbocycles. The van der Waals surface area contributed by atoms with Gasteiger partial charge in [-0.1, -0.05) is 32.1 Å². The Bertz CT molecular complexity index is 459. The molecule has 4 heteroatoms. The summed E-state index contributed by atoms with van der Waals surface area (Å²) in [6, 6.07) is 3.93. The number of hydrogen-bond acceptors (Lipinski definition) is 3. The molecule has 0 bridgehead atoms. The van der Waals surface area contributed by atoms with Gasteiger partial charge in [0.2, 0.25) is 5.91 Å². The van der Waals surface area contributed by atoms with Crippen LogP contribution in [0.15, 0.2) is 29.4 Å². The van der Waals surface area contributed by atoms with E-state index in [-0.39, 0.29) is 0 Å². The van der Waals surface area contributed by atoms with Crippen LogP contribution in [0.25, 0.3) is 0 Å². The van der Waals surface area contributed by atoms with Crippen molar-refractivity contribution in [3.8, 4) is 0 Å². The third-order valence-corrected chi connectivity index (χ3v) is 5.90. The van der Waals surface area contributed by atoms with Crippen LogP contribution in [0.4, 0.5) is 0 Å². The fourth-order valence-corrected chi connectivity index (χ4v) is 4.46. The molecule has 0 spiro atoms. The molecule has 1 aromatic heterocycles. The van der Waals surface area contributed by atoms with Gasteiger partial charge in [-0.3, -0.25) is 9.78 Å². The summed E-state index contributed by atoms with van der Waals surface area (Å²) in [7, 11) is 0. The van der Waals surface area contributed by atoms with Crippen molar-refractivity contribution in [1.82, 2.24) is 9.88 Å². The summed E-state index contributed by atoms with van der Waals surface area (Å²) in [5, 5.41) is 0. The van der Waals surface area contributed by atoms with E-state index in [4.69, 9.17) is 0 Å². The number of nitrogens with zero attached hydrogens (tertiary/aromatic N) is 2. The van der Waals surface area contributed by atoms with Crippen LogP contribution in [0.1, 0.15) is 38.5 Å². The molecule has 3 nitrogen and oxygen atoms in total. The van der Waals surface area contributed by atoms with Gasteiger partial charge in [0, 0.05) is 30.4 Å². The van der Waals surface area contributed by atoms with Gasteiger partial charge in [-0.2, -0.15) is 0 Å². The minimum Gasteiger partial charge on any atom is -0.342 e. The third-order valence-electron chi connectivity index (χ3n) is 4.91. The van der Waals surface area contributed by atoms with Gasteiger partial charge in [0.15, 0.2) is 0 Å². The van der Waals surface area contributed by atoms with Crippen molar-refractivity contribution in [2.45, 2.75) is 43.4 Å². The predicted octanol–water partition coefficient (Wildman–Crippen LogP) is 3.60. The van der Waals surface area contributed by atoms with Crippen molar-refractivity contribution < 1.29 is 4.79 Å². The molecule has 2 aliphatic rings. The SMILES string of the molecule is O=C(CSc1ccncc1)N1CC[C@@H](C2CCCCC2)C1. The van der Waals surface area contributed by atoms with Crippen molar-refractivity contribution in [2.75, 3.05) is 18.8 Å². The second kappa shape index (κ2) is 7.30. The Hall–Kier alpha value is -1.03. The normalized spacial score (nSPS) is 23.4. The maximum Gasteiger partial charge on any atom is 0.232 e. The first kappa shape index (κ1) is 14.9. The fourth-order valence-electron chi connectivity index (χ4n) is 3.67. The van der Waals surface area contributed by atoms with Crippen LogP contribution in [0.3, 0.4) is 0 Å². The molecule has 2 fully saturated rings. The Balaban J connectivity index is 1.45. The second-order valence-corrected chi connectivity index (χ2v) is 7.31. The fraction of sp³-hybridized carbons (Fsp3) is 0.647. The molecule has 0 aromatic carbocycles. The maximum atomic E-state index is 12.3. The van der Waals surface area contributed by atoms with Gasteiger partial charge in [-0.25, -0.2) is 0 Å². The van der Waals surface area contributed by atoms with Crippen LogP contribution in [0.2, 0.25) is 0 Å². The van der Waals surface area contributed by atoms with Gasteiger partial charge in [-0.15, -0.1) is 11.8 Å². The lowest BCUT2D eigenvalue weighted by Crippen LogP contribution is -2.31. The summed E-state index contributed by atoms with van der Waals surface area (Å²) in [4.78, 5) is 19.6. The van der Waals surface area contributed by atoms with Gasteiger partial charge < -0.3 is 4.90 Å². The Morgan fingerprint density at radius 2 is 1.90 bits per heavy atom. The van der Waals surface area contributed by atoms with Crippen molar-refractivity contribution >= 4 is 17.7 Å². The highest BCUT2D eigenvalue weighted by Crippen LogP contribution is 2.35. The number of likely N-dealkylation sites (tertiary alicyclic amines) is 1. The highest BCUT2D eigenvalue weighted by atomic mass is 32.2. The zero-order chi connectivity index (χ0) is 14.5. The molecule has 1 amide bonds. The molecule has 1 saturated carbocycles. The Morgan fingerprint density at radius 1 is 1.14 bits per heavy atom. The lowest BCUT2D eigenvalue weighted by atomic mass is 9.80. The van der Waals surface area contributed by atoms with Crippen molar-refractivity contribution in [2.24, 2.45) is 11.8 Å². The van der Waals surface area contributed by atoms with Crippen LogP contribution in [-0.2, 0) is 4.79 Å². The minimum absolute atomic E-state index is 0.301. The van der Waals surface area contributed by atoms with E-state index in [1.807, 2.05) is 12.1 Å². The van der Waals surface area contributed by atoms with Crippen LogP contribution >= 0.6 is 11.8 Å². The van der Waals surface area contributed by atoms with E-state index in [1.54, 1.807) is 24.2 Å². The Morgan fingerprint density at radius 3 is 2.67 bits per heavy atom. The molecular formula is C17H24N2OS. The van der Waals surface area contributed by atoms with Crippen LogP contribution in [0, 0.1) is 11.8 Å². The minimum atomic E-state index is 0.301. The van der Waals surface area contributed by atoms with Crippen LogP contribution in [0.5, 0.6) is 0 Å². The van der Waals surface area contributed by atoms with E-state index in [2.05, 4.69) is 9.88 Å². The van der Waals surface area contributed by atoms with Crippen molar-refractivity contribution in [1.29, 1.82) is 0 Å². The molecule has 21 heavy (non-hydrogen) atoms. The monoisotopic (exact) mass is 304 g/mol. The lowest BCUT2D eigenvalue weighted by Gasteiger charge is -2.27. The van der Waals surface area contributed by atoms with E-state index in [1.165, 1.54) is 38.5 Å². The molecule has 1 saturated heterocycles. The van der Waals surface area contributed by atoms with E-state index in [0.717, 1.165) is 29.8 Å². The summed E-state index contributed by atoms with van der Waals surface area (Å²) in [6.07, 6.45) is 11.8. The zero-order valence-electron chi connectivity index (χ0n) is 12.5. The standard InChI is InChI=1S/C17H24N2OS/c20-17(13-21-16-6-9-18-10-7-16)19-11-8-15(12-19)14-4-2-1-3-5-14/h6-7,9-10,14-15H,1-5,8,11-13H2/t15-/m1/s1. The van der Waals surface area contributed by atoms with Gasteiger partial charge in [-0.05, 0) is 30.4 Å². The number of rotatable bonds is 4. The summed E-state index contributed by atoms with van der Waals surface area (Å²) in [5.74, 6) is 2.50. The zero-order valence-corrected chi connectivity index (χ0v) is 13.4. The van der Waals surface area contributed by atoms with E-state index >= 15 is 0 Å². The molecule has 1 aliphatic heterocycles. The third kappa shape index (κ3) is 4.00. The molecule has 1 atom stereocenters. The first-order chi connectivity index (χ1) is 10.3.